The lowest BCUT2D eigenvalue weighted by Crippen LogP contribution is -2.20. The fourth-order valence-electron chi connectivity index (χ4n) is 3.24. The molecule has 8 heteroatoms. The molecule has 0 unspecified atom stereocenters. The van der Waals surface area contributed by atoms with Gasteiger partial charge in [-0.1, -0.05) is 28.1 Å². The van der Waals surface area contributed by atoms with E-state index in [9.17, 15) is 9.90 Å². The van der Waals surface area contributed by atoms with E-state index in [1.165, 1.54) is 4.68 Å². The van der Waals surface area contributed by atoms with Crippen LogP contribution in [0.2, 0.25) is 0 Å². The lowest BCUT2D eigenvalue weighted by Gasteiger charge is -2.07. The number of fused-ring (bicyclic) bond motifs is 2. The van der Waals surface area contributed by atoms with Gasteiger partial charge >= 0.3 is 0 Å². The molecule has 3 aromatic carbocycles. The van der Waals surface area contributed by atoms with Crippen molar-refractivity contribution in [2.75, 3.05) is 0 Å². The molecular formula is C23H13BrIN3O3. The number of benzene rings is 3. The first kappa shape index (κ1) is 20.0. The van der Waals surface area contributed by atoms with Gasteiger partial charge in [0.2, 0.25) is 5.82 Å². The number of phenolic OH excluding ortho intramolecular Hbond substituents is 1. The molecule has 152 valence electrons. The van der Waals surface area contributed by atoms with Gasteiger partial charge in [0.1, 0.15) is 11.3 Å². The molecule has 5 rings (SSSR count). The van der Waals surface area contributed by atoms with E-state index in [1.54, 1.807) is 42.6 Å². The second-order valence-electron chi connectivity index (χ2n) is 6.82. The van der Waals surface area contributed by atoms with Gasteiger partial charge in [-0.15, -0.1) is 0 Å². The summed E-state index contributed by atoms with van der Waals surface area (Å²) in [5, 5.41) is 15.5. The van der Waals surface area contributed by atoms with Crippen LogP contribution < -0.4 is 5.56 Å². The lowest BCUT2D eigenvalue weighted by molar-refractivity contribution is 0.471. The van der Waals surface area contributed by atoms with Gasteiger partial charge in [-0.05, 0) is 82.8 Å². The molecule has 0 aliphatic heterocycles. The monoisotopic (exact) mass is 585 g/mol. The molecule has 0 radical (unpaired) electrons. The van der Waals surface area contributed by atoms with Crippen LogP contribution in [0.15, 0.2) is 85.5 Å². The maximum atomic E-state index is 13.3. The summed E-state index contributed by atoms with van der Waals surface area (Å²) in [4.78, 5) is 17.9. The largest absolute Gasteiger partial charge is 0.507 e. The topological polar surface area (TPSA) is 80.6 Å². The Bertz CT molecular complexity index is 1560. The van der Waals surface area contributed by atoms with E-state index in [1.807, 2.05) is 52.9 Å². The summed E-state index contributed by atoms with van der Waals surface area (Å²) < 4.78 is 8.85. The van der Waals surface area contributed by atoms with Crippen molar-refractivity contribution in [3.8, 4) is 17.3 Å². The molecule has 0 aliphatic carbocycles. The van der Waals surface area contributed by atoms with Crippen molar-refractivity contribution in [2.45, 2.75) is 0 Å². The molecule has 0 amide bonds. The zero-order chi connectivity index (χ0) is 21.5. The molecule has 0 fully saturated rings. The molecule has 0 atom stereocenters. The Morgan fingerprint density at radius 1 is 1.10 bits per heavy atom. The van der Waals surface area contributed by atoms with Gasteiger partial charge in [0, 0.05) is 9.86 Å². The number of phenols is 1. The summed E-state index contributed by atoms with van der Waals surface area (Å²) in [7, 11) is 0. The first-order chi connectivity index (χ1) is 15.0. The number of aromatic nitrogens is 2. The summed E-state index contributed by atoms with van der Waals surface area (Å²) in [6.07, 6.45) is 1.56. The fourth-order valence-corrected chi connectivity index (χ4v) is 4.16. The van der Waals surface area contributed by atoms with Crippen molar-refractivity contribution in [2.24, 2.45) is 5.10 Å². The zero-order valence-corrected chi connectivity index (χ0v) is 19.5. The number of furan rings is 1. The Hall–Kier alpha value is -2.98. The average molecular weight is 586 g/mol. The molecule has 0 saturated carbocycles. The van der Waals surface area contributed by atoms with Crippen LogP contribution >= 0.6 is 38.5 Å². The fraction of sp³-hybridized carbons (Fsp3) is 0. The third kappa shape index (κ3) is 3.77. The minimum absolute atomic E-state index is 0.191. The molecule has 2 heterocycles. The number of para-hydroxylation sites is 1. The predicted octanol–water partition coefficient (Wildman–Crippen LogP) is 5.76. The Morgan fingerprint density at radius 2 is 1.94 bits per heavy atom. The number of hydrogen-bond donors (Lipinski definition) is 1. The van der Waals surface area contributed by atoms with E-state index in [0.717, 1.165) is 15.4 Å². The van der Waals surface area contributed by atoms with Crippen molar-refractivity contribution < 1.29 is 9.52 Å². The Kier molecular flexibility index (Phi) is 5.11. The quantitative estimate of drug-likeness (QED) is 0.215. The number of hydrogen-bond acceptors (Lipinski definition) is 5. The molecule has 0 spiro atoms. The highest BCUT2D eigenvalue weighted by atomic mass is 127. The lowest BCUT2D eigenvalue weighted by atomic mass is 10.2. The first-order valence-corrected chi connectivity index (χ1v) is 11.1. The van der Waals surface area contributed by atoms with E-state index in [-0.39, 0.29) is 11.3 Å². The molecule has 0 saturated heterocycles. The third-order valence-corrected chi connectivity index (χ3v) is 6.10. The number of halogens is 2. The van der Waals surface area contributed by atoms with Gasteiger partial charge in [-0.25, -0.2) is 4.98 Å². The van der Waals surface area contributed by atoms with E-state index in [0.29, 0.717) is 31.6 Å². The number of aromatic hydroxyl groups is 1. The standard InChI is InChI=1S/C23H13BrIN3O3/c24-15-6-8-20-14(10-15)11-21(31-20)22-27-18-4-2-1-3-16(18)23(30)28(22)26-12-13-5-7-19(29)17(25)9-13/h1-12,29H. The van der Waals surface area contributed by atoms with Crippen molar-refractivity contribution in [1.29, 1.82) is 0 Å². The molecular weight excluding hydrogens is 573 g/mol. The highest BCUT2D eigenvalue weighted by Crippen LogP contribution is 2.29. The van der Waals surface area contributed by atoms with Crippen LogP contribution in [-0.2, 0) is 0 Å². The van der Waals surface area contributed by atoms with Crippen LogP contribution in [0.1, 0.15) is 5.56 Å². The second kappa shape index (κ2) is 7.93. The first-order valence-electron chi connectivity index (χ1n) is 9.24. The number of nitrogens with zero attached hydrogens (tertiary/aromatic N) is 3. The smallest absolute Gasteiger partial charge is 0.282 e. The molecule has 6 nitrogen and oxygen atoms in total. The Balaban J connectivity index is 1.73. The van der Waals surface area contributed by atoms with E-state index < -0.39 is 0 Å². The highest BCUT2D eigenvalue weighted by molar-refractivity contribution is 14.1. The summed E-state index contributed by atoms with van der Waals surface area (Å²) in [5.41, 5.74) is 1.69. The molecule has 5 aromatic rings. The van der Waals surface area contributed by atoms with Crippen LogP contribution in [0.25, 0.3) is 33.5 Å². The molecule has 2 aromatic heterocycles. The van der Waals surface area contributed by atoms with Crippen LogP contribution in [0.5, 0.6) is 5.75 Å². The van der Waals surface area contributed by atoms with Gasteiger partial charge in [0.15, 0.2) is 5.76 Å². The van der Waals surface area contributed by atoms with Gasteiger partial charge in [0.25, 0.3) is 5.56 Å². The highest BCUT2D eigenvalue weighted by Gasteiger charge is 2.16. The SMILES string of the molecule is O=c1c2ccccc2nc(-c2cc3cc(Br)ccc3o2)n1N=Cc1ccc(O)c(I)c1. The predicted molar refractivity (Wildman–Crippen MR) is 133 cm³/mol. The van der Waals surface area contributed by atoms with Crippen molar-refractivity contribution in [3.05, 3.63) is 90.7 Å². The minimum atomic E-state index is -0.299. The zero-order valence-electron chi connectivity index (χ0n) is 15.8. The van der Waals surface area contributed by atoms with Gasteiger partial charge in [-0.3, -0.25) is 4.79 Å². The maximum absolute atomic E-state index is 13.3. The Labute approximate surface area is 198 Å². The van der Waals surface area contributed by atoms with Crippen LogP contribution in [0.3, 0.4) is 0 Å². The number of rotatable bonds is 3. The third-order valence-electron chi connectivity index (χ3n) is 4.75. The summed E-state index contributed by atoms with van der Waals surface area (Å²) in [5.74, 6) is 0.936. The summed E-state index contributed by atoms with van der Waals surface area (Å²) in [6, 6.07) is 19.7. The summed E-state index contributed by atoms with van der Waals surface area (Å²) >= 11 is 5.50. The van der Waals surface area contributed by atoms with Crippen LogP contribution in [-0.4, -0.2) is 21.0 Å². The van der Waals surface area contributed by atoms with Gasteiger partial charge in [0.05, 0.1) is 20.7 Å². The van der Waals surface area contributed by atoms with Crippen LogP contribution in [0.4, 0.5) is 0 Å². The normalized spacial score (nSPS) is 11.7. The van der Waals surface area contributed by atoms with E-state index in [4.69, 9.17) is 4.42 Å². The second-order valence-corrected chi connectivity index (χ2v) is 8.90. The minimum Gasteiger partial charge on any atom is -0.507 e. The Morgan fingerprint density at radius 3 is 2.77 bits per heavy atom. The van der Waals surface area contributed by atoms with Crippen molar-refractivity contribution >= 4 is 66.6 Å². The molecule has 1 N–H and O–H groups in total. The maximum Gasteiger partial charge on any atom is 0.282 e. The van der Waals surface area contributed by atoms with Crippen LogP contribution in [0, 0.1) is 3.57 Å². The van der Waals surface area contributed by atoms with Crippen molar-refractivity contribution in [1.82, 2.24) is 9.66 Å². The molecule has 0 bridgehead atoms. The van der Waals surface area contributed by atoms with Gasteiger partial charge in [-0.2, -0.15) is 9.78 Å². The average Bonchev–Trinajstić information content (AvgIpc) is 3.18. The summed E-state index contributed by atoms with van der Waals surface area (Å²) in [6.45, 7) is 0. The van der Waals surface area contributed by atoms with Gasteiger partial charge < -0.3 is 9.52 Å². The van der Waals surface area contributed by atoms with E-state index >= 15 is 0 Å². The van der Waals surface area contributed by atoms with E-state index in [2.05, 4.69) is 26.0 Å². The molecule has 0 aliphatic rings. The van der Waals surface area contributed by atoms with Crippen molar-refractivity contribution in [3.63, 3.8) is 0 Å². The molecule has 31 heavy (non-hydrogen) atoms.